The molecule has 0 aromatic heterocycles. The van der Waals surface area contributed by atoms with Gasteiger partial charge in [0.25, 0.3) is 0 Å². The summed E-state index contributed by atoms with van der Waals surface area (Å²) in [5, 5.41) is 0. The van der Waals surface area contributed by atoms with Crippen LogP contribution in [0.15, 0.2) is 0 Å². The summed E-state index contributed by atoms with van der Waals surface area (Å²) in [6, 6.07) is 0. The summed E-state index contributed by atoms with van der Waals surface area (Å²) in [6.07, 6.45) is 20.8. The average molecular weight is 642 g/mol. The Morgan fingerprint density at radius 1 is 0.478 bits per heavy atom. The molecule has 0 heterocycles. The molecule has 0 saturated heterocycles. The third-order valence-electron chi connectivity index (χ3n) is 13.5. The predicted molar refractivity (Wildman–Crippen MR) is 178 cm³/mol. The van der Waals surface area contributed by atoms with Gasteiger partial charge in [-0.05, 0) is 114 Å². The Hall–Kier alpha value is -1.63. The van der Waals surface area contributed by atoms with Crippen molar-refractivity contribution in [3.63, 3.8) is 0 Å². The number of esters is 3. The number of hydrogen-bond donors (Lipinski definition) is 0. The van der Waals surface area contributed by atoms with Gasteiger partial charge in [0.15, 0.2) is 0 Å². The van der Waals surface area contributed by atoms with E-state index in [1.54, 1.807) is 0 Å². The fourth-order valence-electron chi connectivity index (χ4n) is 11.6. The van der Waals surface area contributed by atoms with Crippen molar-refractivity contribution in [2.24, 2.45) is 51.8 Å². The molecular weight excluding hydrogens is 578 g/mol. The first-order valence-electron chi connectivity index (χ1n) is 19.3. The van der Waals surface area contributed by atoms with Gasteiger partial charge in [0.1, 0.15) is 19.8 Å². The molecule has 7 heteroatoms. The normalized spacial score (nSPS) is 40.2. The molecule has 6 unspecified atom stereocenters. The number of carbonyl (C=O) groups excluding carboxylic acids is 3. The lowest BCUT2D eigenvalue weighted by atomic mass is 9.61. The molecule has 46 heavy (non-hydrogen) atoms. The summed E-state index contributed by atoms with van der Waals surface area (Å²) < 4.78 is 17.8. The third-order valence-corrected chi connectivity index (χ3v) is 13.5. The highest BCUT2D eigenvalue weighted by Crippen LogP contribution is 2.51. The highest BCUT2D eigenvalue weighted by molar-refractivity contribution is 5.77. The van der Waals surface area contributed by atoms with Crippen molar-refractivity contribution in [3.8, 4) is 0 Å². The fraction of sp³-hybridized carbons (Fsp3) is 0.923. The smallest absolute Gasteiger partial charge is 0.311 e. The summed E-state index contributed by atoms with van der Waals surface area (Å²) in [7, 11) is 0. The van der Waals surface area contributed by atoms with E-state index in [-0.39, 0.29) is 34.2 Å². The molecule has 0 aliphatic heterocycles. The first kappa shape index (κ1) is 34.2. The number of hydrogen-bond acceptors (Lipinski definition) is 7. The lowest BCUT2D eigenvalue weighted by molar-refractivity contribution is -0.161. The molecule has 6 bridgehead atoms. The Kier molecular flexibility index (Phi) is 10.8. The zero-order chi connectivity index (χ0) is 32.4. The number of fused-ring (bicyclic) bond motifs is 6. The molecule has 0 spiro atoms. The van der Waals surface area contributed by atoms with Crippen molar-refractivity contribution in [1.29, 1.82) is 0 Å². The second kappa shape index (κ2) is 14.5. The number of nitrogens with zero attached hydrogens (tertiary/aromatic N) is 1. The molecule has 6 aliphatic rings. The van der Waals surface area contributed by atoms with Crippen LogP contribution in [0.3, 0.4) is 0 Å². The van der Waals surface area contributed by atoms with Crippen LogP contribution in [0.4, 0.5) is 0 Å². The van der Waals surface area contributed by atoms with E-state index in [0.29, 0.717) is 75.0 Å². The van der Waals surface area contributed by atoms with Gasteiger partial charge < -0.3 is 14.2 Å². The van der Waals surface area contributed by atoms with Gasteiger partial charge in [-0.25, -0.2) is 0 Å². The summed E-state index contributed by atoms with van der Waals surface area (Å²) in [6.45, 7) is 8.82. The van der Waals surface area contributed by atoms with Crippen LogP contribution in [0.25, 0.3) is 0 Å². The lowest BCUT2D eigenvalue weighted by Crippen LogP contribution is -2.43. The summed E-state index contributed by atoms with van der Waals surface area (Å²) in [5.41, 5.74) is -1.15. The number of rotatable bonds is 12. The largest absolute Gasteiger partial charge is 0.464 e. The zero-order valence-electron chi connectivity index (χ0n) is 29.3. The van der Waals surface area contributed by atoms with Crippen molar-refractivity contribution in [1.82, 2.24) is 4.90 Å². The standard InChI is InChI=1S/C39H63NO6/c1-37(22-28-7-4-8-29(19-28)23-37)34(41)44-16-13-40(14-17-45-35(42)38(2)24-30-9-5-10-31(20-30)25-38)15-18-46-36(43)39(3)26-32-11-6-12-33(21-32)27-39/h28-33H,4-27H2,1-3H3. The van der Waals surface area contributed by atoms with Crippen LogP contribution in [0.1, 0.15) is 136 Å². The first-order valence-corrected chi connectivity index (χ1v) is 19.3. The van der Waals surface area contributed by atoms with Crippen LogP contribution < -0.4 is 0 Å². The maximum atomic E-state index is 13.3. The van der Waals surface area contributed by atoms with Crippen molar-refractivity contribution in [2.75, 3.05) is 39.5 Å². The molecule has 6 rings (SSSR count). The topological polar surface area (TPSA) is 82.1 Å². The minimum Gasteiger partial charge on any atom is -0.464 e. The zero-order valence-corrected chi connectivity index (χ0v) is 29.3. The van der Waals surface area contributed by atoms with Crippen molar-refractivity contribution < 1.29 is 28.6 Å². The Balaban J connectivity index is 1.00. The molecule has 260 valence electrons. The van der Waals surface area contributed by atoms with Gasteiger partial charge in [-0.3, -0.25) is 19.3 Å². The van der Waals surface area contributed by atoms with E-state index in [0.717, 1.165) is 38.5 Å². The summed E-state index contributed by atoms with van der Waals surface area (Å²) in [4.78, 5) is 42.2. The highest BCUT2D eigenvalue weighted by Gasteiger charge is 2.47. The molecule has 6 saturated carbocycles. The molecule has 0 aromatic carbocycles. The van der Waals surface area contributed by atoms with E-state index in [1.165, 1.54) is 77.0 Å². The van der Waals surface area contributed by atoms with E-state index in [2.05, 4.69) is 25.7 Å². The molecule has 0 amide bonds. The SMILES string of the molecule is CC1(C(=O)OCCN(CCOC(=O)C2(C)CC3CCCC(C3)C2)CCOC(=O)C2(C)CC3CCCC(C3)C2)CC2CCCC(C2)C1. The lowest BCUT2D eigenvalue weighted by Gasteiger charge is -2.44. The molecule has 0 radical (unpaired) electrons. The van der Waals surface area contributed by atoms with E-state index in [9.17, 15) is 14.4 Å². The second-order valence-electron chi connectivity index (χ2n) is 17.9. The maximum Gasteiger partial charge on any atom is 0.311 e. The Labute approximate surface area is 278 Å². The third kappa shape index (κ3) is 8.14. The van der Waals surface area contributed by atoms with Crippen LogP contribution in [-0.4, -0.2) is 62.3 Å². The van der Waals surface area contributed by atoms with Crippen LogP contribution >= 0.6 is 0 Å². The van der Waals surface area contributed by atoms with Gasteiger partial charge in [-0.1, -0.05) is 57.8 Å². The Bertz CT molecular complexity index is 919. The minimum atomic E-state index is -0.384. The van der Waals surface area contributed by atoms with Crippen LogP contribution in [0.5, 0.6) is 0 Å². The minimum absolute atomic E-state index is 0.0616. The van der Waals surface area contributed by atoms with Crippen molar-refractivity contribution in [2.45, 2.75) is 136 Å². The van der Waals surface area contributed by atoms with Crippen molar-refractivity contribution in [3.05, 3.63) is 0 Å². The van der Waals surface area contributed by atoms with Crippen LogP contribution in [0, 0.1) is 51.8 Å². The maximum absolute atomic E-state index is 13.3. The molecule has 0 N–H and O–H groups in total. The van der Waals surface area contributed by atoms with Gasteiger partial charge in [0.2, 0.25) is 0 Å². The van der Waals surface area contributed by atoms with E-state index in [4.69, 9.17) is 14.2 Å². The van der Waals surface area contributed by atoms with E-state index in [1.807, 2.05) is 0 Å². The molecule has 6 aliphatic carbocycles. The van der Waals surface area contributed by atoms with Crippen LogP contribution in [0.2, 0.25) is 0 Å². The highest BCUT2D eigenvalue weighted by atomic mass is 16.5. The quantitative estimate of drug-likeness (QED) is 0.159. The molecule has 0 aromatic rings. The summed E-state index contributed by atoms with van der Waals surface area (Å²) in [5.74, 6) is 3.74. The Morgan fingerprint density at radius 2 is 0.717 bits per heavy atom. The molecule has 7 nitrogen and oxygen atoms in total. The predicted octanol–water partition coefficient (Wildman–Crippen LogP) is 7.74. The molecule has 6 fully saturated rings. The van der Waals surface area contributed by atoms with E-state index < -0.39 is 0 Å². The number of carbonyl (C=O) groups is 3. The Morgan fingerprint density at radius 3 is 0.957 bits per heavy atom. The van der Waals surface area contributed by atoms with Gasteiger partial charge in [0.05, 0.1) is 16.2 Å². The van der Waals surface area contributed by atoms with Gasteiger partial charge in [-0.15, -0.1) is 0 Å². The van der Waals surface area contributed by atoms with E-state index >= 15 is 0 Å². The molecule has 6 atom stereocenters. The summed E-state index contributed by atoms with van der Waals surface area (Å²) >= 11 is 0. The van der Waals surface area contributed by atoms with Gasteiger partial charge in [-0.2, -0.15) is 0 Å². The molecular formula is C39H63NO6. The first-order chi connectivity index (χ1) is 22.0. The second-order valence-corrected chi connectivity index (χ2v) is 17.9. The van der Waals surface area contributed by atoms with Gasteiger partial charge >= 0.3 is 17.9 Å². The average Bonchev–Trinajstić information content (AvgIpc) is 3.00. The van der Waals surface area contributed by atoms with Gasteiger partial charge in [0, 0.05) is 19.6 Å². The van der Waals surface area contributed by atoms with Crippen molar-refractivity contribution >= 4 is 17.9 Å². The fourth-order valence-corrected chi connectivity index (χ4v) is 11.6. The van der Waals surface area contributed by atoms with Crippen LogP contribution in [-0.2, 0) is 28.6 Å². The number of ether oxygens (including phenoxy) is 3. The monoisotopic (exact) mass is 641 g/mol.